The molecule has 0 radical (unpaired) electrons. The lowest BCUT2D eigenvalue weighted by atomic mass is 9.67. The van der Waals surface area contributed by atoms with Crippen molar-refractivity contribution in [2.24, 2.45) is 29.2 Å². The molecule has 2 aliphatic heterocycles. The van der Waals surface area contributed by atoms with E-state index < -0.39 is 46.0 Å². The topological polar surface area (TPSA) is 165 Å². The average molecular weight is 770 g/mol. The van der Waals surface area contributed by atoms with Crippen molar-refractivity contribution in [3.63, 3.8) is 0 Å². The van der Waals surface area contributed by atoms with Crippen LogP contribution in [0.4, 0.5) is 5.69 Å². The molecule has 13 nitrogen and oxygen atoms in total. The highest BCUT2D eigenvalue weighted by atomic mass is 35.5. The lowest BCUT2D eigenvalue weighted by Crippen LogP contribution is -2.53. The Morgan fingerprint density at radius 3 is 2.72 bits per heavy atom. The molecule has 3 N–H and O–H groups in total. The molecule has 3 heterocycles. The molecule has 7 rings (SSSR count). The van der Waals surface area contributed by atoms with Gasteiger partial charge < -0.3 is 29.3 Å². The van der Waals surface area contributed by atoms with E-state index in [1.54, 1.807) is 39.3 Å². The number of anilines is 1. The van der Waals surface area contributed by atoms with Gasteiger partial charge in [-0.15, -0.1) is 9.46 Å². The number of nitrogens with zero attached hydrogens (tertiary/aromatic N) is 4. The Hall–Kier alpha value is -3.69. The number of aliphatic hydroxyl groups excluding tert-OH is 2. The van der Waals surface area contributed by atoms with Crippen molar-refractivity contribution in [2.45, 2.75) is 69.2 Å². The van der Waals surface area contributed by atoms with Gasteiger partial charge in [-0.25, -0.2) is 4.21 Å². The number of aryl methyl sites for hydroxylation is 2. The highest BCUT2D eigenvalue weighted by Gasteiger charge is 2.46. The van der Waals surface area contributed by atoms with E-state index in [1.807, 2.05) is 12.1 Å². The molecule has 8 atom stereocenters. The third kappa shape index (κ3) is 7.40. The van der Waals surface area contributed by atoms with E-state index in [-0.39, 0.29) is 46.4 Å². The molecule has 1 fully saturated rings. The van der Waals surface area contributed by atoms with Crippen LogP contribution in [-0.4, -0.2) is 94.0 Å². The summed E-state index contributed by atoms with van der Waals surface area (Å²) in [6.45, 7) is 3.36. The summed E-state index contributed by atoms with van der Waals surface area (Å²) in [5.74, 6) is -1.64. The SMILES string of the molecule is COc1nn(C)cc1C(=O)NS1(=O)=NC(=O)c2ccc3c(c2)N(C[C@@H]2CC[C@H]2[C@H](OC)[C@H](O)[C@@H](O)C[C@H](C)C1)C[C@@]1(CCCc2cc(Cl)ccc21)CO3. The minimum Gasteiger partial charge on any atom is -0.490 e. The Morgan fingerprint density at radius 2 is 1.98 bits per heavy atom. The third-order valence-corrected chi connectivity index (χ3v) is 13.7. The number of rotatable bonds is 4. The van der Waals surface area contributed by atoms with Crippen molar-refractivity contribution < 1.29 is 38.2 Å². The summed E-state index contributed by atoms with van der Waals surface area (Å²) >= 11 is 6.44. The number of ether oxygens (including phenoxy) is 3. The van der Waals surface area contributed by atoms with E-state index in [0.29, 0.717) is 36.2 Å². The van der Waals surface area contributed by atoms with E-state index in [4.69, 9.17) is 25.8 Å². The molecule has 3 aromatic rings. The number of hydrogen-bond acceptors (Lipinski definition) is 10. The minimum atomic E-state index is -3.79. The zero-order valence-corrected chi connectivity index (χ0v) is 32.1. The maximum absolute atomic E-state index is 14.6. The molecule has 286 valence electrons. The molecule has 53 heavy (non-hydrogen) atoms. The summed E-state index contributed by atoms with van der Waals surface area (Å²) in [6, 6.07) is 11.2. The molecular weight excluding hydrogens is 722 g/mol. The van der Waals surface area contributed by atoms with Crippen molar-refractivity contribution >= 4 is 39.0 Å². The Morgan fingerprint density at radius 1 is 1.17 bits per heavy atom. The van der Waals surface area contributed by atoms with Crippen LogP contribution in [0.5, 0.6) is 11.6 Å². The van der Waals surface area contributed by atoms with Crippen LogP contribution in [0.1, 0.15) is 70.9 Å². The molecule has 2 aromatic carbocycles. The van der Waals surface area contributed by atoms with Crippen molar-refractivity contribution in [1.29, 1.82) is 0 Å². The molecule has 15 heteroatoms. The summed E-state index contributed by atoms with van der Waals surface area (Å²) in [5, 5.41) is 27.7. The maximum atomic E-state index is 14.6. The van der Waals surface area contributed by atoms with Gasteiger partial charge in [0.25, 0.3) is 11.8 Å². The average Bonchev–Trinajstić information content (AvgIpc) is 3.43. The third-order valence-electron chi connectivity index (χ3n) is 11.5. The second-order valence-corrected chi connectivity index (χ2v) is 17.7. The molecule has 0 saturated heterocycles. The van der Waals surface area contributed by atoms with E-state index in [1.165, 1.54) is 29.1 Å². The second-order valence-electron chi connectivity index (χ2n) is 15.2. The van der Waals surface area contributed by atoms with Crippen molar-refractivity contribution in [3.05, 3.63) is 69.9 Å². The molecular formula is C38H48ClN5O8S. The lowest BCUT2D eigenvalue weighted by molar-refractivity contribution is -0.127. The summed E-state index contributed by atoms with van der Waals surface area (Å²) in [7, 11) is 0.738. The highest BCUT2D eigenvalue weighted by Crippen LogP contribution is 2.47. The molecule has 1 unspecified atom stereocenters. The fourth-order valence-corrected chi connectivity index (χ4v) is 10.9. The predicted molar refractivity (Wildman–Crippen MR) is 200 cm³/mol. The summed E-state index contributed by atoms with van der Waals surface area (Å²) in [6.07, 6.45) is 2.88. The van der Waals surface area contributed by atoms with Crippen LogP contribution in [0.15, 0.2) is 47.0 Å². The normalized spacial score (nSPS) is 31.6. The number of amides is 2. The minimum absolute atomic E-state index is 0.0198. The maximum Gasteiger partial charge on any atom is 0.286 e. The van der Waals surface area contributed by atoms with Gasteiger partial charge in [0.15, 0.2) is 0 Å². The number of aromatic nitrogens is 2. The molecule has 2 bridgehead atoms. The Labute approximate surface area is 315 Å². The van der Waals surface area contributed by atoms with Crippen LogP contribution in [-0.2, 0) is 33.5 Å². The number of methoxy groups -OCH3 is 2. The first kappa shape index (κ1) is 37.6. The monoisotopic (exact) mass is 769 g/mol. The van der Waals surface area contributed by atoms with E-state index in [0.717, 1.165) is 32.1 Å². The Kier molecular flexibility index (Phi) is 10.5. The lowest BCUT2D eigenvalue weighted by Gasteiger charge is -2.47. The number of nitrogens with one attached hydrogen (secondary N) is 1. The summed E-state index contributed by atoms with van der Waals surface area (Å²) < 4.78 is 40.5. The number of hydrogen-bond donors (Lipinski definition) is 3. The summed E-state index contributed by atoms with van der Waals surface area (Å²) in [4.78, 5) is 29.8. The number of carbonyl (C=O) groups excluding carboxylic acids is 2. The van der Waals surface area contributed by atoms with E-state index in [9.17, 15) is 24.0 Å². The van der Waals surface area contributed by atoms with Crippen molar-refractivity contribution in [2.75, 3.05) is 44.6 Å². The van der Waals surface area contributed by atoms with Crippen LogP contribution in [0.2, 0.25) is 5.02 Å². The fourth-order valence-electron chi connectivity index (χ4n) is 8.84. The van der Waals surface area contributed by atoms with Gasteiger partial charge >= 0.3 is 0 Å². The number of fused-ring (bicyclic) bond motifs is 4. The first-order chi connectivity index (χ1) is 25.3. The quantitative estimate of drug-likeness (QED) is 0.349. The Bertz CT molecular complexity index is 2020. The van der Waals surface area contributed by atoms with Crippen LogP contribution >= 0.6 is 11.6 Å². The number of aliphatic hydroxyl groups is 2. The molecule has 1 saturated carbocycles. The van der Waals surface area contributed by atoms with Gasteiger partial charge in [0, 0.05) is 49.4 Å². The van der Waals surface area contributed by atoms with Gasteiger partial charge in [-0.2, -0.15) is 0 Å². The van der Waals surface area contributed by atoms with Gasteiger partial charge in [0.1, 0.15) is 27.3 Å². The van der Waals surface area contributed by atoms with E-state index in [2.05, 4.69) is 25.1 Å². The number of carbonyl (C=O) groups is 2. The highest BCUT2D eigenvalue weighted by molar-refractivity contribution is 7.92. The predicted octanol–water partition coefficient (Wildman–Crippen LogP) is 4.31. The van der Waals surface area contributed by atoms with Crippen LogP contribution in [0.25, 0.3) is 0 Å². The molecule has 1 spiro atoms. The van der Waals surface area contributed by atoms with Gasteiger partial charge in [-0.3, -0.25) is 19.0 Å². The van der Waals surface area contributed by atoms with Crippen molar-refractivity contribution in [1.82, 2.24) is 14.5 Å². The van der Waals surface area contributed by atoms with E-state index >= 15 is 0 Å². The smallest absolute Gasteiger partial charge is 0.286 e. The van der Waals surface area contributed by atoms with Gasteiger partial charge in [0.05, 0.1) is 37.4 Å². The standard InChI is InChI=1S/C38H48ClN5O8S/c1-22-14-31(45)33(46)34(50-3)27-10-7-25(27)17-44-20-38(13-5-6-23-15-26(39)9-11-29(23)38)21-52-32-12-8-24(16-30(32)44)35(47)41-53(49,19-22)42-36(48)28-18-43(2)40-37(28)51-4/h8-9,11-12,15-16,18,22,25,27,31,33-34,45-46H,5-7,10,13-14,17,19-21H2,1-4H3,(H,41,42,47,48,49)/t22-,25-,27+,31-,33+,34-,38-,53?/m0/s1. The largest absolute Gasteiger partial charge is 0.490 e. The van der Waals surface area contributed by atoms with Crippen LogP contribution in [0.3, 0.4) is 0 Å². The first-order valence-corrected chi connectivity index (χ1v) is 20.3. The zero-order valence-electron chi connectivity index (χ0n) is 30.5. The number of benzene rings is 2. The van der Waals surface area contributed by atoms with Crippen molar-refractivity contribution in [3.8, 4) is 11.6 Å². The first-order valence-electron chi connectivity index (χ1n) is 18.2. The summed E-state index contributed by atoms with van der Waals surface area (Å²) in [5.41, 5.74) is 2.97. The van der Waals surface area contributed by atoms with Crippen LogP contribution < -0.4 is 19.1 Å². The zero-order chi connectivity index (χ0) is 37.7. The Balaban J connectivity index is 1.32. The second kappa shape index (κ2) is 14.9. The van der Waals surface area contributed by atoms with Gasteiger partial charge in [-0.05, 0) is 97.7 Å². The molecule has 2 aliphatic carbocycles. The molecule has 1 aromatic heterocycles. The molecule has 4 aliphatic rings. The van der Waals surface area contributed by atoms with Gasteiger partial charge in [0.2, 0.25) is 5.88 Å². The van der Waals surface area contributed by atoms with Gasteiger partial charge in [-0.1, -0.05) is 24.6 Å². The fraction of sp³-hybridized carbons (Fsp3) is 0.553. The van der Waals surface area contributed by atoms with Crippen LogP contribution in [0, 0.1) is 17.8 Å². The molecule has 2 amide bonds. The number of halogens is 1.